The Hall–Kier alpha value is -1.82. The van der Waals surface area contributed by atoms with Crippen LogP contribution in [0.3, 0.4) is 0 Å². The van der Waals surface area contributed by atoms with E-state index in [1.165, 1.54) is 11.9 Å². The van der Waals surface area contributed by atoms with E-state index in [2.05, 4.69) is 34.3 Å². The Labute approximate surface area is 128 Å². The van der Waals surface area contributed by atoms with Gasteiger partial charge in [-0.3, -0.25) is 4.79 Å². The molecule has 1 aliphatic rings. The van der Waals surface area contributed by atoms with Crippen LogP contribution in [0.4, 0.5) is 0 Å². The normalized spacial score (nSPS) is 19.2. The van der Waals surface area contributed by atoms with Crippen LogP contribution in [0.15, 0.2) is 43.0 Å². The van der Waals surface area contributed by atoms with Crippen LogP contribution in [0, 0.1) is 0 Å². The van der Waals surface area contributed by atoms with Crippen molar-refractivity contribution in [2.75, 3.05) is 18.8 Å². The minimum Gasteiger partial charge on any atom is -0.340 e. The molecule has 0 aliphatic carbocycles. The Morgan fingerprint density at radius 3 is 2.90 bits per heavy atom. The minimum atomic E-state index is 0.120. The van der Waals surface area contributed by atoms with E-state index in [0.717, 1.165) is 25.3 Å². The third kappa shape index (κ3) is 3.64. The fourth-order valence-corrected chi connectivity index (χ4v) is 3.74. The van der Waals surface area contributed by atoms with Crippen LogP contribution in [-0.2, 0) is 11.3 Å². The molecule has 0 bridgehead atoms. The van der Waals surface area contributed by atoms with Crippen LogP contribution in [-0.4, -0.2) is 44.4 Å². The lowest BCUT2D eigenvalue weighted by atomic mass is 10.1. The highest BCUT2D eigenvalue weighted by molar-refractivity contribution is 7.99. The second-order valence-electron chi connectivity index (χ2n) is 5.03. The van der Waals surface area contributed by atoms with Gasteiger partial charge in [-0.05, 0) is 12.0 Å². The average molecular weight is 302 g/mol. The zero-order valence-electron chi connectivity index (χ0n) is 11.8. The SMILES string of the molecule is O=C(Cn1cncn1)N1CCSC(c2ccccc2)CC1. The molecule has 21 heavy (non-hydrogen) atoms. The number of rotatable bonds is 3. The highest BCUT2D eigenvalue weighted by Gasteiger charge is 2.22. The van der Waals surface area contributed by atoms with Crippen molar-refractivity contribution in [1.82, 2.24) is 19.7 Å². The third-order valence-electron chi connectivity index (χ3n) is 3.63. The lowest BCUT2D eigenvalue weighted by Gasteiger charge is -2.20. The quantitative estimate of drug-likeness (QED) is 0.870. The van der Waals surface area contributed by atoms with E-state index < -0.39 is 0 Å². The van der Waals surface area contributed by atoms with Crippen LogP contribution in [0.1, 0.15) is 17.2 Å². The van der Waals surface area contributed by atoms with E-state index in [-0.39, 0.29) is 12.5 Å². The van der Waals surface area contributed by atoms with Gasteiger partial charge in [0.2, 0.25) is 5.91 Å². The molecular formula is C15H18N4OS. The molecule has 5 nitrogen and oxygen atoms in total. The van der Waals surface area contributed by atoms with Gasteiger partial charge in [-0.15, -0.1) is 0 Å². The third-order valence-corrected chi connectivity index (χ3v) is 4.96. The maximum atomic E-state index is 12.3. The summed E-state index contributed by atoms with van der Waals surface area (Å²) in [6, 6.07) is 10.5. The molecule has 2 heterocycles. The number of benzene rings is 1. The van der Waals surface area contributed by atoms with Gasteiger partial charge < -0.3 is 4.90 Å². The Balaban J connectivity index is 1.59. The van der Waals surface area contributed by atoms with Crippen molar-refractivity contribution in [3.63, 3.8) is 0 Å². The van der Waals surface area contributed by atoms with Crippen LogP contribution in [0.2, 0.25) is 0 Å². The first kappa shape index (κ1) is 14.1. The maximum absolute atomic E-state index is 12.3. The predicted octanol–water partition coefficient (Wildman–Crippen LogP) is 1.98. The molecule has 1 aliphatic heterocycles. The molecule has 2 aromatic rings. The van der Waals surface area contributed by atoms with E-state index in [0.29, 0.717) is 5.25 Å². The summed E-state index contributed by atoms with van der Waals surface area (Å²) in [4.78, 5) is 18.1. The van der Waals surface area contributed by atoms with Crippen molar-refractivity contribution >= 4 is 17.7 Å². The zero-order chi connectivity index (χ0) is 14.5. The largest absolute Gasteiger partial charge is 0.340 e. The Bertz CT molecular complexity index is 573. The Kier molecular flexibility index (Phi) is 4.55. The lowest BCUT2D eigenvalue weighted by molar-refractivity contribution is -0.131. The molecule has 6 heteroatoms. The molecule has 110 valence electrons. The average Bonchev–Trinajstić information content (AvgIpc) is 2.89. The molecule has 0 spiro atoms. The number of nitrogens with zero attached hydrogens (tertiary/aromatic N) is 4. The van der Waals surface area contributed by atoms with Crippen molar-refractivity contribution in [1.29, 1.82) is 0 Å². The summed E-state index contributed by atoms with van der Waals surface area (Å²) in [5.74, 6) is 1.10. The second-order valence-corrected chi connectivity index (χ2v) is 6.34. The lowest BCUT2D eigenvalue weighted by Crippen LogP contribution is -2.35. The first-order valence-corrected chi connectivity index (χ1v) is 8.14. The first-order chi connectivity index (χ1) is 10.3. The van der Waals surface area contributed by atoms with Crippen molar-refractivity contribution in [3.8, 4) is 0 Å². The zero-order valence-corrected chi connectivity index (χ0v) is 12.6. The molecule has 3 rings (SSSR count). The van der Waals surface area contributed by atoms with Crippen LogP contribution < -0.4 is 0 Å². The van der Waals surface area contributed by atoms with Crippen LogP contribution >= 0.6 is 11.8 Å². The smallest absolute Gasteiger partial charge is 0.244 e. The van der Waals surface area contributed by atoms with Gasteiger partial charge in [-0.1, -0.05) is 30.3 Å². The monoisotopic (exact) mass is 302 g/mol. The molecule has 1 saturated heterocycles. The second kappa shape index (κ2) is 6.76. The van der Waals surface area contributed by atoms with Gasteiger partial charge in [-0.25, -0.2) is 9.67 Å². The predicted molar refractivity (Wildman–Crippen MR) is 82.9 cm³/mol. The topological polar surface area (TPSA) is 51.0 Å². The van der Waals surface area contributed by atoms with E-state index >= 15 is 0 Å². The molecule has 1 amide bonds. The molecule has 1 unspecified atom stereocenters. The Morgan fingerprint density at radius 1 is 1.29 bits per heavy atom. The summed E-state index contributed by atoms with van der Waals surface area (Å²) in [5.41, 5.74) is 1.35. The number of carbonyl (C=O) groups is 1. The fraction of sp³-hybridized carbons (Fsp3) is 0.400. The Morgan fingerprint density at radius 2 is 2.14 bits per heavy atom. The number of hydrogen-bond acceptors (Lipinski definition) is 4. The molecule has 0 N–H and O–H groups in total. The van der Waals surface area contributed by atoms with Gasteiger partial charge >= 0.3 is 0 Å². The molecule has 1 aromatic carbocycles. The van der Waals surface area contributed by atoms with E-state index in [1.54, 1.807) is 11.0 Å². The van der Waals surface area contributed by atoms with Gasteiger partial charge in [-0.2, -0.15) is 16.9 Å². The highest BCUT2D eigenvalue weighted by atomic mass is 32.2. The maximum Gasteiger partial charge on any atom is 0.244 e. The number of carbonyl (C=O) groups excluding carboxylic acids is 1. The fourth-order valence-electron chi connectivity index (χ4n) is 2.51. The van der Waals surface area contributed by atoms with Crippen LogP contribution in [0.5, 0.6) is 0 Å². The molecule has 0 saturated carbocycles. The highest BCUT2D eigenvalue weighted by Crippen LogP contribution is 2.34. The van der Waals surface area contributed by atoms with Crippen molar-refractivity contribution in [2.45, 2.75) is 18.2 Å². The van der Waals surface area contributed by atoms with Crippen molar-refractivity contribution in [2.24, 2.45) is 0 Å². The molecule has 1 atom stereocenters. The molecule has 1 aromatic heterocycles. The van der Waals surface area contributed by atoms with Crippen LogP contribution in [0.25, 0.3) is 0 Å². The summed E-state index contributed by atoms with van der Waals surface area (Å²) < 4.78 is 1.58. The summed E-state index contributed by atoms with van der Waals surface area (Å²) in [6.45, 7) is 1.89. The number of thioether (sulfide) groups is 1. The molecule has 0 radical (unpaired) electrons. The van der Waals surface area contributed by atoms with Gasteiger partial charge in [0, 0.05) is 24.1 Å². The van der Waals surface area contributed by atoms with Gasteiger partial charge in [0.15, 0.2) is 0 Å². The van der Waals surface area contributed by atoms with Gasteiger partial charge in [0.25, 0.3) is 0 Å². The number of amides is 1. The van der Waals surface area contributed by atoms with E-state index in [9.17, 15) is 4.79 Å². The van der Waals surface area contributed by atoms with Crippen molar-refractivity contribution in [3.05, 3.63) is 48.5 Å². The minimum absolute atomic E-state index is 0.120. The van der Waals surface area contributed by atoms with Gasteiger partial charge in [0.05, 0.1) is 0 Å². The number of aromatic nitrogens is 3. The first-order valence-electron chi connectivity index (χ1n) is 7.09. The van der Waals surface area contributed by atoms with Gasteiger partial charge in [0.1, 0.15) is 19.2 Å². The summed E-state index contributed by atoms with van der Waals surface area (Å²) in [6.07, 6.45) is 4.03. The number of hydrogen-bond donors (Lipinski definition) is 0. The van der Waals surface area contributed by atoms with Crippen molar-refractivity contribution < 1.29 is 4.79 Å². The molecule has 1 fully saturated rings. The summed E-state index contributed by atoms with van der Waals surface area (Å²) in [7, 11) is 0. The summed E-state index contributed by atoms with van der Waals surface area (Å²) in [5, 5.41) is 4.47. The van der Waals surface area contributed by atoms with E-state index in [1.807, 2.05) is 22.7 Å². The standard InChI is InChI=1S/C15H18N4OS/c20-15(10-19-12-16-11-17-19)18-7-6-14(21-9-8-18)13-4-2-1-3-5-13/h1-5,11-12,14H,6-10H2. The molecular weight excluding hydrogens is 284 g/mol. The van der Waals surface area contributed by atoms with E-state index in [4.69, 9.17) is 0 Å². The summed E-state index contributed by atoms with van der Waals surface area (Å²) >= 11 is 1.94.